The van der Waals surface area contributed by atoms with Crippen LogP contribution in [0.5, 0.6) is 0 Å². The van der Waals surface area contributed by atoms with Gasteiger partial charge in [-0.05, 0) is 31.5 Å². The standard InChI is InChI=1S/C18H14Cl2N6/c1-10-7-21-18(24-15-6-11(2)22-9-23-15)12-8-26(25-16(10)12)17-13(19)4-3-5-14(17)20/h3-9H,1-2H3,(H,21,22,23,24). The Morgan fingerprint density at radius 3 is 2.54 bits per heavy atom. The normalized spacial score (nSPS) is 11.1. The van der Waals surface area contributed by atoms with Crippen LogP contribution in [0.15, 0.2) is 43.0 Å². The van der Waals surface area contributed by atoms with Gasteiger partial charge in [-0.25, -0.2) is 19.6 Å². The van der Waals surface area contributed by atoms with Gasteiger partial charge in [-0.3, -0.25) is 0 Å². The van der Waals surface area contributed by atoms with Gasteiger partial charge in [-0.15, -0.1) is 0 Å². The Labute approximate surface area is 159 Å². The highest BCUT2D eigenvalue weighted by molar-refractivity contribution is 6.37. The summed E-state index contributed by atoms with van der Waals surface area (Å²) in [5, 5.41) is 9.78. The highest BCUT2D eigenvalue weighted by Crippen LogP contribution is 2.31. The Hall–Kier alpha value is -2.70. The number of halogens is 2. The molecule has 0 aliphatic rings. The summed E-state index contributed by atoms with van der Waals surface area (Å²) in [5.41, 5.74) is 3.26. The molecule has 4 aromatic rings. The number of nitrogens with one attached hydrogen (secondary N) is 1. The molecule has 26 heavy (non-hydrogen) atoms. The highest BCUT2D eigenvalue weighted by atomic mass is 35.5. The molecule has 0 unspecified atom stereocenters. The number of anilines is 2. The average Bonchev–Trinajstić information content (AvgIpc) is 3.03. The third-order valence-electron chi connectivity index (χ3n) is 3.95. The molecule has 6 nitrogen and oxygen atoms in total. The van der Waals surface area contributed by atoms with Gasteiger partial charge in [0.15, 0.2) is 0 Å². The van der Waals surface area contributed by atoms with Crippen LogP contribution in [-0.4, -0.2) is 24.7 Å². The lowest BCUT2D eigenvalue weighted by atomic mass is 10.2. The molecular weight excluding hydrogens is 371 g/mol. The van der Waals surface area contributed by atoms with Crippen molar-refractivity contribution in [1.82, 2.24) is 24.7 Å². The molecule has 0 amide bonds. The van der Waals surface area contributed by atoms with E-state index in [1.165, 1.54) is 6.33 Å². The Morgan fingerprint density at radius 2 is 1.81 bits per heavy atom. The van der Waals surface area contributed by atoms with Crippen LogP contribution in [0.25, 0.3) is 16.6 Å². The van der Waals surface area contributed by atoms with Crippen molar-refractivity contribution in [1.29, 1.82) is 0 Å². The summed E-state index contributed by atoms with van der Waals surface area (Å²) in [6.07, 6.45) is 5.14. The van der Waals surface area contributed by atoms with Crippen molar-refractivity contribution in [2.75, 3.05) is 5.32 Å². The smallest absolute Gasteiger partial charge is 0.142 e. The van der Waals surface area contributed by atoms with E-state index in [1.807, 2.05) is 26.1 Å². The van der Waals surface area contributed by atoms with Crippen LogP contribution in [0.3, 0.4) is 0 Å². The minimum Gasteiger partial charge on any atom is -0.324 e. The molecule has 3 heterocycles. The minimum absolute atomic E-state index is 0.525. The maximum atomic E-state index is 6.32. The number of rotatable bonds is 3. The number of aryl methyl sites for hydroxylation is 2. The van der Waals surface area contributed by atoms with Crippen LogP contribution in [0, 0.1) is 13.8 Å². The summed E-state index contributed by atoms with van der Waals surface area (Å²) in [4.78, 5) is 12.8. The Morgan fingerprint density at radius 1 is 1.04 bits per heavy atom. The van der Waals surface area contributed by atoms with Gasteiger partial charge in [0.2, 0.25) is 0 Å². The zero-order valence-electron chi connectivity index (χ0n) is 14.0. The molecule has 0 aliphatic heterocycles. The lowest BCUT2D eigenvalue weighted by molar-refractivity contribution is 0.895. The van der Waals surface area contributed by atoms with Gasteiger partial charge in [-0.1, -0.05) is 29.3 Å². The number of hydrogen-bond donors (Lipinski definition) is 1. The van der Waals surface area contributed by atoms with E-state index < -0.39 is 0 Å². The molecule has 1 N–H and O–H groups in total. The summed E-state index contributed by atoms with van der Waals surface area (Å²) in [7, 11) is 0. The number of hydrogen-bond acceptors (Lipinski definition) is 5. The third-order valence-corrected chi connectivity index (χ3v) is 4.56. The summed E-state index contributed by atoms with van der Waals surface area (Å²) >= 11 is 12.6. The van der Waals surface area contributed by atoms with Crippen molar-refractivity contribution in [3.63, 3.8) is 0 Å². The zero-order valence-corrected chi connectivity index (χ0v) is 15.5. The van der Waals surface area contributed by atoms with Gasteiger partial charge in [0, 0.05) is 24.2 Å². The number of nitrogens with zero attached hydrogens (tertiary/aromatic N) is 5. The molecule has 8 heteroatoms. The molecule has 1 aromatic carbocycles. The van der Waals surface area contributed by atoms with Crippen molar-refractivity contribution in [3.8, 4) is 5.69 Å². The van der Waals surface area contributed by atoms with Crippen LogP contribution in [0.2, 0.25) is 10.0 Å². The van der Waals surface area contributed by atoms with Gasteiger partial charge >= 0.3 is 0 Å². The quantitative estimate of drug-likeness (QED) is 0.545. The molecule has 0 radical (unpaired) electrons. The lowest BCUT2D eigenvalue weighted by Gasteiger charge is -2.06. The second-order valence-corrected chi connectivity index (χ2v) is 6.68. The summed E-state index contributed by atoms with van der Waals surface area (Å²) in [6.45, 7) is 3.86. The van der Waals surface area contributed by atoms with Crippen molar-refractivity contribution in [2.24, 2.45) is 0 Å². The van der Waals surface area contributed by atoms with Crippen LogP contribution >= 0.6 is 23.2 Å². The predicted octanol–water partition coefficient (Wildman–Crippen LogP) is 4.88. The van der Waals surface area contributed by atoms with E-state index in [0.29, 0.717) is 27.4 Å². The summed E-state index contributed by atoms with van der Waals surface area (Å²) < 4.78 is 1.68. The molecule has 0 bridgehead atoms. The Kier molecular flexibility index (Phi) is 4.22. The maximum absolute atomic E-state index is 6.32. The zero-order chi connectivity index (χ0) is 18.3. The highest BCUT2D eigenvalue weighted by Gasteiger charge is 2.15. The molecule has 0 aliphatic carbocycles. The van der Waals surface area contributed by atoms with Crippen LogP contribution in [0.1, 0.15) is 11.3 Å². The molecule has 0 fully saturated rings. The van der Waals surface area contributed by atoms with E-state index in [9.17, 15) is 0 Å². The van der Waals surface area contributed by atoms with Gasteiger partial charge in [0.1, 0.15) is 29.2 Å². The van der Waals surface area contributed by atoms with Crippen molar-refractivity contribution >= 4 is 45.7 Å². The average molecular weight is 385 g/mol. The summed E-state index contributed by atoms with van der Waals surface area (Å²) in [6, 6.07) is 7.21. The first-order chi connectivity index (χ1) is 12.5. The van der Waals surface area contributed by atoms with E-state index in [1.54, 1.807) is 29.1 Å². The number of para-hydroxylation sites is 1. The van der Waals surface area contributed by atoms with E-state index >= 15 is 0 Å². The Bertz CT molecular complexity index is 1100. The Balaban J connectivity index is 1.86. The first-order valence-electron chi connectivity index (χ1n) is 7.88. The minimum atomic E-state index is 0.525. The monoisotopic (exact) mass is 384 g/mol. The fourth-order valence-electron chi connectivity index (χ4n) is 2.70. The van der Waals surface area contributed by atoms with Crippen molar-refractivity contribution in [3.05, 3.63) is 64.3 Å². The van der Waals surface area contributed by atoms with Crippen LogP contribution in [-0.2, 0) is 0 Å². The van der Waals surface area contributed by atoms with Crippen LogP contribution < -0.4 is 5.32 Å². The van der Waals surface area contributed by atoms with Crippen molar-refractivity contribution < 1.29 is 0 Å². The molecule has 3 aromatic heterocycles. The third kappa shape index (κ3) is 2.98. The van der Waals surface area contributed by atoms with Gasteiger partial charge in [-0.2, -0.15) is 5.10 Å². The number of aromatic nitrogens is 5. The second-order valence-electron chi connectivity index (χ2n) is 5.87. The largest absolute Gasteiger partial charge is 0.324 e. The molecule has 0 atom stereocenters. The fraction of sp³-hybridized carbons (Fsp3) is 0.111. The summed E-state index contributed by atoms with van der Waals surface area (Å²) in [5.74, 6) is 1.32. The maximum Gasteiger partial charge on any atom is 0.142 e. The molecule has 0 saturated heterocycles. The number of fused-ring (bicyclic) bond motifs is 1. The molecule has 4 rings (SSSR count). The molecule has 130 valence electrons. The van der Waals surface area contributed by atoms with E-state index in [2.05, 4.69) is 25.4 Å². The number of benzene rings is 1. The first kappa shape index (κ1) is 16.8. The molecule has 0 saturated carbocycles. The second kappa shape index (κ2) is 6.55. The number of pyridine rings is 1. The van der Waals surface area contributed by atoms with Gasteiger partial charge in [0.25, 0.3) is 0 Å². The van der Waals surface area contributed by atoms with Gasteiger partial charge in [0.05, 0.1) is 15.4 Å². The predicted molar refractivity (Wildman–Crippen MR) is 104 cm³/mol. The van der Waals surface area contributed by atoms with E-state index in [0.717, 1.165) is 22.2 Å². The van der Waals surface area contributed by atoms with E-state index in [-0.39, 0.29) is 0 Å². The molecular formula is C18H14Cl2N6. The van der Waals surface area contributed by atoms with Crippen molar-refractivity contribution in [2.45, 2.75) is 13.8 Å². The SMILES string of the molecule is Cc1cc(Nc2ncc(C)c3nn(-c4c(Cl)cccc4Cl)cc23)ncn1. The van der Waals surface area contributed by atoms with E-state index in [4.69, 9.17) is 23.2 Å². The topological polar surface area (TPSA) is 68.5 Å². The lowest BCUT2D eigenvalue weighted by Crippen LogP contribution is -1.98. The van der Waals surface area contributed by atoms with Crippen LogP contribution in [0.4, 0.5) is 11.6 Å². The van der Waals surface area contributed by atoms with Gasteiger partial charge < -0.3 is 5.32 Å². The fourth-order valence-corrected chi connectivity index (χ4v) is 3.27. The molecule has 0 spiro atoms. The first-order valence-corrected chi connectivity index (χ1v) is 8.63.